The third-order valence-electron chi connectivity index (χ3n) is 5.55. The van der Waals surface area contributed by atoms with Crippen molar-refractivity contribution in [3.63, 3.8) is 0 Å². The summed E-state index contributed by atoms with van der Waals surface area (Å²) in [4.78, 5) is 15.0. The van der Waals surface area contributed by atoms with Crippen LogP contribution < -0.4 is 4.90 Å². The molecule has 1 aromatic carbocycles. The highest BCUT2D eigenvalue weighted by Gasteiger charge is 2.26. The van der Waals surface area contributed by atoms with Gasteiger partial charge in [-0.25, -0.2) is 9.97 Å². The van der Waals surface area contributed by atoms with E-state index in [2.05, 4.69) is 17.0 Å². The number of rotatable bonds is 2. The van der Waals surface area contributed by atoms with E-state index < -0.39 is 0 Å². The summed E-state index contributed by atoms with van der Waals surface area (Å²) in [6.45, 7) is 2.11. The van der Waals surface area contributed by atoms with Crippen LogP contribution >= 0.6 is 11.3 Å². The highest BCUT2D eigenvalue weighted by Crippen LogP contribution is 2.40. The largest absolute Gasteiger partial charge is 0.341 e. The van der Waals surface area contributed by atoms with Crippen molar-refractivity contribution in [1.82, 2.24) is 19.6 Å². The summed E-state index contributed by atoms with van der Waals surface area (Å²) < 4.78 is 2.00. The summed E-state index contributed by atoms with van der Waals surface area (Å²) >= 11 is 1.86. The van der Waals surface area contributed by atoms with Crippen LogP contribution in [0.1, 0.15) is 29.7 Å². The van der Waals surface area contributed by atoms with Gasteiger partial charge in [0.1, 0.15) is 4.83 Å². The summed E-state index contributed by atoms with van der Waals surface area (Å²) in [5.41, 5.74) is 3.50. The zero-order chi connectivity index (χ0) is 17.1. The molecule has 3 aromatic heterocycles. The van der Waals surface area contributed by atoms with Gasteiger partial charge in [0, 0.05) is 23.5 Å². The van der Waals surface area contributed by atoms with Gasteiger partial charge in [-0.3, -0.25) is 0 Å². The Hall–Kier alpha value is -2.47. The van der Waals surface area contributed by atoms with Crippen LogP contribution in [0.3, 0.4) is 0 Å². The number of nitrogens with zero attached hydrogens (tertiary/aromatic N) is 5. The number of hydrogen-bond acceptors (Lipinski definition) is 5. The third-order valence-corrected chi connectivity index (χ3v) is 6.73. The quantitative estimate of drug-likeness (QED) is 0.539. The molecule has 6 heteroatoms. The highest BCUT2D eigenvalue weighted by molar-refractivity contribution is 7.19. The Morgan fingerprint density at radius 2 is 1.77 bits per heavy atom. The van der Waals surface area contributed by atoms with Crippen molar-refractivity contribution in [3.05, 3.63) is 40.8 Å². The fourth-order valence-corrected chi connectivity index (χ4v) is 5.53. The molecule has 26 heavy (non-hydrogen) atoms. The molecule has 6 rings (SSSR count). The van der Waals surface area contributed by atoms with Crippen molar-refractivity contribution in [3.8, 4) is 11.4 Å². The molecule has 0 amide bonds. The molecule has 4 aromatic rings. The van der Waals surface area contributed by atoms with Gasteiger partial charge in [-0.2, -0.15) is 4.52 Å². The van der Waals surface area contributed by atoms with E-state index in [0.717, 1.165) is 47.3 Å². The molecular formula is C20H19N5S. The molecular weight excluding hydrogens is 342 g/mol. The van der Waals surface area contributed by atoms with Crippen molar-refractivity contribution in [2.24, 2.45) is 0 Å². The molecule has 0 unspecified atom stereocenters. The first kappa shape index (κ1) is 14.7. The Morgan fingerprint density at radius 1 is 0.923 bits per heavy atom. The lowest BCUT2D eigenvalue weighted by molar-refractivity contribution is 0.835. The topological polar surface area (TPSA) is 46.3 Å². The fourth-order valence-electron chi connectivity index (χ4n) is 4.28. The van der Waals surface area contributed by atoms with Crippen molar-refractivity contribution in [2.45, 2.75) is 32.1 Å². The summed E-state index contributed by atoms with van der Waals surface area (Å²) in [5, 5.41) is 6.12. The van der Waals surface area contributed by atoms with Crippen molar-refractivity contribution in [2.75, 3.05) is 18.0 Å². The minimum absolute atomic E-state index is 0.790. The third kappa shape index (κ3) is 2.05. The molecule has 2 aliphatic rings. The average molecular weight is 361 g/mol. The molecule has 1 aliphatic heterocycles. The number of fused-ring (bicyclic) bond motifs is 5. The lowest BCUT2D eigenvalue weighted by atomic mass is 10.2. The second kappa shape index (κ2) is 5.51. The van der Waals surface area contributed by atoms with Gasteiger partial charge in [0.15, 0.2) is 11.5 Å². The van der Waals surface area contributed by atoms with Crippen molar-refractivity contribution in [1.29, 1.82) is 0 Å². The normalized spacial score (nSPS) is 16.8. The van der Waals surface area contributed by atoms with Crippen LogP contribution in [0.5, 0.6) is 0 Å². The maximum Gasteiger partial charge on any atom is 0.229 e. The number of hydrogen-bond donors (Lipinski definition) is 0. The summed E-state index contributed by atoms with van der Waals surface area (Å²) in [5.74, 6) is 1.75. The van der Waals surface area contributed by atoms with Crippen molar-refractivity contribution >= 4 is 33.1 Å². The molecule has 1 fully saturated rings. The Balaban J connectivity index is 1.68. The zero-order valence-electron chi connectivity index (χ0n) is 14.5. The smallest absolute Gasteiger partial charge is 0.229 e. The van der Waals surface area contributed by atoms with Gasteiger partial charge in [-0.1, -0.05) is 30.3 Å². The molecule has 1 aliphatic carbocycles. The maximum absolute atomic E-state index is 5.06. The predicted molar refractivity (Wildman–Crippen MR) is 105 cm³/mol. The molecule has 0 radical (unpaired) electrons. The summed E-state index contributed by atoms with van der Waals surface area (Å²) in [7, 11) is 0. The maximum atomic E-state index is 5.06. The highest BCUT2D eigenvalue weighted by atomic mass is 32.1. The molecule has 130 valence electrons. The Labute approximate surface area is 155 Å². The molecule has 4 heterocycles. The van der Waals surface area contributed by atoms with Crippen LogP contribution in [0, 0.1) is 0 Å². The standard InChI is InChI=1S/C20H19N5S/c1-2-7-13(8-3-1)17-21-18-16-14-9-6-10-15(14)26-19(16)22-20(25(18)23-17)24-11-4-5-12-24/h1-3,7-8H,4-6,9-12H2. The summed E-state index contributed by atoms with van der Waals surface area (Å²) in [6.07, 6.45) is 6.02. The zero-order valence-corrected chi connectivity index (χ0v) is 15.3. The van der Waals surface area contributed by atoms with E-state index in [1.54, 1.807) is 0 Å². The second-order valence-corrected chi connectivity index (χ2v) is 8.26. The van der Waals surface area contributed by atoms with Gasteiger partial charge < -0.3 is 4.90 Å². The van der Waals surface area contributed by atoms with Crippen molar-refractivity contribution < 1.29 is 0 Å². The van der Waals surface area contributed by atoms with E-state index in [0.29, 0.717) is 0 Å². The first-order valence-electron chi connectivity index (χ1n) is 9.40. The predicted octanol–water partition coefficient (Wildman–Crippen LogP) is 4.09. The number of aromatic nitrogens is 4. The van der Waals surface area contributed by atoms with E-state index in [1.807, 2.05) is 34.1 Å². The van der Waals surface area contributed by atoms with E-state index in [-0.39, 0.29) is 0 Å². The van der Waals surface area contributed by atoms with Crippen LogP contribution in [0.15, 0.2) is 30.3 Å². The van der Waals surface area contributed by atoms with E-state index in [9.17, 15) is 0 Å². The van der Waals surface area contributed by atoms with Crippen LogP contribution in [0.4, 0.5) is 5.95 Å². The molecule has 0 N–H and O–H groups in total. The van der Waals surface area contributed by atoms with Gasteiger partial charge in [-0.05, 0) is 37.7 Å². The van der Waals surface area contributed by atoms with Gasteiger partial charge in [0.25, 0.3) is 0 Å². The Bertz CT molecular complexity index is 1120. The molecule has 0 bridgehead atoms. The van der Waals surface area contributed by atoms with E-state index in [1.165, 1.54) is 41.5 Å². The molecule has 0 saturated carbocycles. The van der Waals surface area contributed by atoms with Crippen LogP contribution in [-0.2, 0) is 12.8 Å². The lowest BCUT2D eigenvalue weighted by Crippen LogP contribution is -2.22. The SMILES string of the molecule is c1ccc(-c2nc3c4c5c(sc4nc(N4CCCC4)n3n2)CCC5)cc1. The first-order valence-corrected chi connectivity index (χ1v) is 10.2. The number of anilines is 1. The molecule has 0 spiro atoms. The van der Waals surface area contributed by atoms with Crippen LogP contribution in [0.2, 0.25) is 0 Å². The summed E-state index contributed by atoms with van der Waals surface area (Å²) in [6, 6.07) is 10.3. The van der Waals surface area contributed by atoms with E-state index in [4.69, 9.17) is 15.1 Å². The fraction of sp³-hybridized carbons (Fsp3) is 0.350. The van der Waals surface area contributed by atoms with Gasteiger partial charge in [0.05, 0.1) is 5.39 Å². The first-order chi connectivity index (χ1) is 12.9. The lowest BCUT2D eigenvalue weighted by Gasteiger charge is -2.16. The monoisotopic (exact) mass is 361 g/mol. The minimum atomic E-state index is 0.790. The van der Waals surface area contributed by atoms with Gasteiger partial charge in [-0.15, -0.1) is 16.4 Å². The minimum Gasteiger partial charge on any atom is -0.341 e. The Morgan fingerprint density at radius 3 is 2.62 bits per heavy atom. The molecule has 5 nitrogen and oxygen atoms in total. The van der Waals surface area contributed by atoms with Crippen LogP contribution in [0.25, 0.3) is 27.3 Å². The van der Waals surface area contributed by atoms with Gasteiger partial charge in [0.2, 0.25) is 5.95 Å². The Kier molecular flexibility index (Phi) is 3.11. The number of benzene rings is 1. The molecule has 1 saturated heterocycles. The number of aryl methyl sites for hydroxylation is 2. The van der Waals surface area contributed by atoms with Crippen LogP contribution in [-0.4, -0.2) is 32.7 Å². The average Bonchev–Trinajstić information content (AvgIpc) is 3.43. The molecule has 0 atom stereocenters. The van der Waals surface area contributed by atoms with E-state index >= 15 is 0 Å². The number of thiophene rings is 1. The van der Waals surface area contributed by atoms with Gasteiger partial charge >= 0.3 is 0 Å². The second-order valence-electron chi connectivity index (χ2n) is 7.18.